The highest BCUT2D eigenvalue weighted by atomic mass is 16.5. The number of hydrogen-bond acceptors (Lipinski definition) is 4. The fourth-order valence-corrected chi connectivity index (χ4v) is 5.22. The Morgan fingerprint density at radius 3 is 2.42 bits per heavy atom. The number of anilines is 2. The number of carbonyl (C=O) groups excluding carboxylic acids is 2. The summed E-state index contributed by atoms with van der Waals surface area (Å²) in [5, 5.41) is 6.55. The lowest BCUT2D eigenvalue weighted by Crippen LogP contribution is -2.30. The van der Waals surface area contributed by atoms with Gasteiger partial charge in [-0.2, -0.15) is 0 Å². The van der Waals surface area contributed by atoms with E-state index in [1.54, 1.807) is 0 Å². The molecule has 7 nitrogen and oxygen atoms in total. The van der Waals surface area contributed by atoms with Crippen molar-refractivity contribution in [2.45, 2.75) is 33.1 Å². The molecule has 0 spiro atoms. The summed E-state index contributed by atoms with van der Waals surface area (Å²) >= 11 is 0. The Kier molecular flexibility index (Phi) is 6.95. The number of carbonyl (C=O) groups is 2. The van der Waals surface area contributed by atoms with Gasteiger partial charge in [-0.05, 0) is 61.1 Å². The van der Waals surface area contributed by atoms with Gasteiger partial charge < -0.3 is 25.3 Å². The van der Waals surface area contributed by atoms with Crippen LogP contribution in [0.5, 0.6) is 5.75 Å². The van der Waals surface area contributed by atoms with Crippen LogP contribution in [0.3, 0.4) is 0 Å². The largest absolute Gasteiger partial charge is 0.492 e. The van der Waals surface area contributed by atoms with E-state index >= 15 is 0 Å². The van der Waals surface area contributed by atoms with E-state index < -0.39 is 5.41 Å². The highest BCUT2D eigenvalue weighted by Crippen LogP contribution is 2.45. The Morgan fingerprint density at radius 2 is 1.68 bits per heavy atom. The second-order valence-corrected chi connectivity index (χ2v) is 10.1. The van der Waals surface area contributed by atoms with Gasteiger partial charge in [0.25, 0.3) is 0 Å². The summed E-state index contributed by atoms with van der Waals surface area (Å²) < 4.78 is 6.07. The van der Waals surface area contributed by atoms with Crippen molar-refractivity contribution in [1.82, 2.24) is 9.88 Å². The van der Waals surface area contributed by atoms with Crippen molar-refractivity contribution in [3.8, 4) is 5.75 Å². The van der Waals surface area contributed by atoms with Gasteiger partial charge in [0, 0.05) is 45.5 Å². The molecular formula is C31H34N4O3. The van der Waals surface area contributed by atoms with Gasteiger partial charge in [0.1, 0.15) is 12.4 Å². The van der Waals surface area contributed by atoms with Crippen LogP contribution in [0.15, 0.2) is 66.7 Å². The van der Waals surface area contributed by atoms with Crippen LogP contribution < -0.4 is 15.4 Å². The minimum Gasteiger partial charge on any atom is -0.492 e. The standard InChI is InChI=1S/C31H34N4O3/c1-5-35(6-2)16-17-38-22-13-15-23-25(19-22)31(3,4)29-27(28(23)36)24-14-12-21(18-26(24)34-29)33-30(37)32-20-10-8-7-9-11-20/h7-15,18-19,34H,5-6,16-17H2,1-4H3,(H2,32,33,37). The van der Waals surface area contributed by atoms with Crippen LogP contribution >= 0.6 is 0 Å². The number of amides is 2. The first-order chi connectivity index (χ1) is 18.3. The van der Waals surface area contributed by atoms with Crippen molar-refractivity contribution < 1.29 is 14.3 Å². The van der Waals surface area contributed by atoms with Crippen LogP contribution in [-0.2, 0) is 5.41 Å². The summed E-state index contributed by atoms with van der Waals surface area (Å²) in [5.41, 5.74) is 4.92. The molecule has 0 aliphatic heterocycles. The zero-order chi connectivity index (χ0) is 26.9. The molecule has 1 heterocycles. The Morgan fingerprint density at radius 1 is 0.947 bits per heavy atom. The number of aromatic amines is 1. The number of likely N-dealkylation sites (N-methyl/N-ethyl adjacent to an activating group) is 1. The molecule has 4 aromatic rings. The topological polar surface area (TPSA) is 86.5 Å². The van der Waals surface area contributed by atoms with E-state index in [1.165, 1.54) is 0 Å². The van der Waals surface area contributed by atoms with E-state index in [0.29, 0.717) is 29.1 Å². The van der Waals surface area contributed by atoms with Crippen LogP contribution in [-0.4, -0.2) is 47.9 Å². The minimum absolute atomic E-state index is 0.00204. The Labute approximate surface area is 223 Å². The predicted octanol–water partition coefficient (Wildman–Crippen LogP) is 6.40. The van der Waals surface area contributed by atoms with E-state index in [2.05, 4.69) is 48.2 Å². The van der Waals surface area contributed by atoms with Crippen LogP contribution in [0.25, 0.3) is 10.9 Å². The summed E-state index contributed by atoms with van der Waals surface area (Å²) in [6.07, 6.45) is 0. The van der Waals surface area contributed by atoms with Crippen molar-refractivity contribution in [3.05, 3.63) is 89.1 Å². The lowest BCUT2D eigenvalue weighted by molar-refractivity contribution is 0.103. The lowest BCUT2D eigenvalue weighted by Gasteiger charge is -2.32. The van der Waals surface area contributed by atoms with E-state index in [4.69, 9.17) is 4.74 Å². The Hall–Kier alpha value is -4.10. The first-order valence-electron chi connectivity index (χ1n) is 13.2. The number of fused-ring (bicyclic) bond motifs is 4. The van der Waals surface area contributed by atoms with Crippen molar-refractivity contribution in [1.29, 1.82) is 0 Å². The van der Waals surface area contributed by atoms with Crippen LogP contribution in [0, 0.1) is 0 Å². The summed E-state index contributed by atoms with van der Waals surface area (Å²) in [7, 11) is 0. The van der Waals surface area contributed by atoms with Gasteiger partial charge in [-0.15, -0.1) is 0 Å². The molecule has 0 unspecified atom stereocenters. The number of ether oxygens (including phenoxy) is 1. The molecule has 1 aliphatic carbocycles. The maximum atomic E-state index is 13.7. The number of aromatic nitrogens is 1. The number of urea groups is 1. The number of nitrogens with one attached hydrogen (secondary N) is 3. The van der Waals surface area contributed by atoms with Gasteiger partial charge in [-0.25, -0.2) is 4.79 Å². The normalized spacial score (nSPS) is 13.8. The number of rotatable bonds is 8. The van der Waals surface area contributed by atoms with Gasteiger partial charge >= 0.3 is 6.03 Å². The average molecular weight is 511 g/mol. The monoisotopic (exact) mass is 510 g/mol. The fourth-order valence-electron chi connectivity index (χ4n) is 5.22. The van der Waals surface area contributed by atoms with E-state index in [0.717, 1.165) is 47.5 Å². The molecule has 0 bridgehead atoms. The Balaban J connectivity index is 1.40. The first-order valence-corrected chi connectivity index (χ1v) is 13.2. The molecule has 0 radical (unpaired) electrons. The highest BCUT2D eigenvalue weighted by molar-refractivity contribution is 6.20. The zero-order valence-electron chi connectivity index (χ0n) is 22.4. The number of ketones is 1. The molecule has 0 atom stereocenters. The maximum Gasteiger partial charge on any atom is 0.323 e. The van der Waals surface area contributed by atoms with Crippen LogP contribution in [0.1, 0.15) is 54.9 Å². The van der Waals surface area contributed by atoms with Crippen molar-refractivity contribution in [2.24, 2.45) is 0 Å². The SMILES string of the molecule is CCN(CC)CCOc1ccc2c(c1)C(C)(C)c1[nH]c3cc(NC(=O)Nc4ccccc4)ccc3c1C2=O. The molecule has 0 fully saturated rings. The third-order valence-electron chi connectivity index (χ3n) is 7.42. The highest BCUT2D eigenvalue weighted by Gasteiger charge is 2.39. The molecule has 38 heavy (non-hydrogen) atoms. The predicted molar refractivity (Wildman–Crippen MR) is 153 cm³/mol. The van der Waals surface area contributed by atoms with E-state index in [1.807, 2.05) is 66.7 Å². The third kappa shape index (κ3) is 4.77. The maximum absolute atomic E-state index is 13.7. The molecule has 3 aromatic carbocycles. The molecule has 0 saturated carbocycles. The van der Waals surface area contributed by atoms with Crippen molar-refractivity contribution in [2.75, 3.05) is 36.9 Å². The second kappa shape index (κ2) is 10.3. The van der Waals surface area contributed by atoms with Crippen molar-refractivity contribution >= 4 is 34.1 Å². The van der Waals surface area contributed by atoms with Gasteiger partial charge in [0.15, 0.2) is 5.78 Å². The summed E-state index contributed by atoms with van der Waals surface area (Å²) in [6, 6.07) is 20.3. The number of benzene rings is 3. The molecule has 7 heteroatoms. The van der Waals surface area contributed by atoms with Gasteiger partial charge in [0.05, 0.1) is 5.56 Å². The fraction of sp³-hybridized carbons (Fsp3) is 0.290. The number of hydrogen-bond donors (Lipinski definition) is 3. The quantitative estimate of drug-likeness (QED) is 0.256. The molecule has 1 aliphatic rings. The zero-order valence-corrected chi connectivity index (χ0v) is 22.4. The van der Waals surface area contributed by atoms with Gasteiger partial charge in [-0.3, -0.25) is 4.79 Å². The van der Waals surface area contributed by atoms with Gasteiger partial charge in [-0.1, -0.05) is 52.0 Å². The summed E-state index contributed by atoms with van der Waals surface area (Å²) in [6.45, 7) is 12.0. The number of para-hydroxylation sites is 1. The Bertz CT molecular complexity index is 1490. The van der Waals surface area contributed by atoms with E-state index in [9.17, 15) is 9.59 Å². The van der Waals surface area contributed by atoms with Gasteiger partial charge in [0.2, 0.25) is 0 Å². The van der Waals surface area contributed by atoms with E-state index in [-0.39, 0.29) is 11.8 Å². The molecular weight excluding hydrogens is 476 g/mol. The lowest BCUT2D eigenvalue weighted by atomic mass is 9.71. The molecule has 1 aromatic heterocycles. The molecule has 196 valence electrons. The summed E-state index contributed by atoms with van der Waals surface area (Å²) in [4.78, 5) is 32.0. The molecule has 2 amide bonds. The third-order valence-corrected chi connectivity index (χ3v) is 7.42. The minimum atomic E-state index is -0.436. The molecule has 0 saturated heterocycles. The van der Waals surface area contributed by atoms with Crippen molar-refractivity contribution in [3.63, 3.8) is 0 Å². The second-order valence-electron chi connectivity index (χ2n) is 10.1. The number of H-pyrrole nitrogens is 1. The smallest absolute Gasteiger partial charge is 0.323 e. The molecule has 5 rings (SSSR count). The first kappa shape index (κ1) is 25.5. The summed E-state index contributed by atoms with van der Waals surface area (Å²) in [5.74, 6) is 0.769. The van der Waals surface area contributed by atoms with Crippen LogP contribution in [0.4, 0.5) is 16.2 Å². The molecule has 3 N–H and O–H groups in total. The average Bonchev–Trinajstić information content (AvgIpc) is 3.31. The van der Waals surface area contributed by atoms with Crippen LogP contribution in [0.2, 0.25) is 0 Å². The number of nitrogens with zero attached hydrogens (tertiary/aromatic N) is 1.